The predicted molar refractivity (Wildman–Crippen MR) is 64.0 cm³/mol. The van der Waals surface area contributed by atoms with Gasteiger partial charge in [-0.05, 0) is 27.2 Å². The van der Waals surface area contributed by atoms with Crippen molar-refractivity contribution in [1.82, 2.24) is 15.1 Å². The molecule has 0 bridgehead atoms. The van der Waals surface area contributed by atoms with Gasteiger partial charge in [0.1, 0.15) is 5.54 Å². The molecular formula is C11H20N4O. The van der Waals surface area contributed by atoms with Gasteiger partial charge in [-0.2, -0.15) is 5.10 Å². The first-order valence-electron chi connectivity index (χ1n) is 5.56. The van der Waals surface area contributed by atoms with E-state index in [0.29, 0.717) is 12.2 Å². The number of likely N-dealkylation sites (N-methyl/N-ethyl adjacent to an activating group) is 1. The lowest BCUT2D eigenvalue weighted by Gasteiger charge is -2.26. The van der Waals surface area contributed by atoms with E-state index in [-0.39, 0.29) is 5.91 Å². The number of carbonyl (C=O) groups is 1. The van der Waals surface area contributed by atoms with Crippen LogP contribution in [0.3, 0.4) is 0 Å². The Hall–Kier alpha value is -1.52. The van der Waals surface area contributed by atoms with Crippen LogP contribution in [0.5, 0.6) is 0 Å². The molecule has 0 saturated carbocycles. The van der Waals surface area contributed by atoms with Crippen LogP contribution in [0.4, 0.5) is 5.69 Å². The minimum absolute atomic E-state index is 0.0483. The molecule has 16 heavy (non-hydrogen) atoms. The van der Waals surface area contributed by atoms with E-state index in [4.69, 9.17) is 5.73 Å². The Balaban J connectivity index is 3.10. The number of hydrogen-bond donors (Lipinski definition) is 2. The molecule has 0 aliphatic rings. The quantitative estimate of drug-likeness (QED) is 0.798. The fraction of sp³-hybridized carbons (Fsp3) is 0.636. The van der Waals surface area contributed by atoms with Gasteiger partial charge >= 0.3 is 0 Å². The second kappa shape index (κ2) is 4.55. The smallest absolute Gasteiger partial charge is 0.247 e. The summed E-state index contributed by atoms with van der Waals surface area (Å²) in [6.07, 6.45) is 2.36. The molecule has 5 nitrogen and oxygen atoms in total. The summed E-state index contributed by atoms with van der Waals surface area (Å²) in [4.78, 5) is 11.9. The van der Waals surface area contributed by atoms with E-state index in [2.05, 4.69) is 10.4 Å². The molecule has 0 atom stereocenters. The highest BCUT2D eigenvalue weighted by molar-refractivity contribution is 5.83. The van der Waals surface area contributed by atoms with Gasteiger partial charge in [-0.1, -0.05) is 6.92 Å². The Kier molecular flexibility index (Phi) is 3.57. The fourth-order valence-electron chi connectivity index (χ4n) is 1.70. The van der Waals surface area contributed by atoms with Gasteiger partial charge in [-0.3, -0.25) is 9.48 Å². The molecule has 1 rings (SSSR count). The van der Waals surface area contributed by atoms with Crippen molar-refractivity contribution in [2.75, 3.05) is 12.3 Å². The summed E-state index contributed by atoms with van der Waals surface area (Å²) in [6, 6.07) is 0. The van der Waals surface area contributed by atoms with Gasteiger partial charge in [0.15, 0.2) is 0 Å². The molecule has 90 valence electrons. The number of nitrogens with zero attached hydrogens (tertiary/aromatic N) is 2. The lowest BCUT2D eigenvalue weighted by Crippen LogP contribution is -2.45. The highest BCUT2D eigenvalue weighted by Gasteiger charge is 2.32. The van der Waals surface area contributed by atoms with Gasteiger partial charge in [-0.25, -0.2) is 0 Å². The zero-order valence-corrected chi connectivity index (χ0v) is 10.4. The summed E-state index contributed by atoms with van der Waals surface area (Å²) < 4.78 is 1.70. The van der Waals surface area contributed by atoms with Crippen molar-refractivity contribution in [2.45, 2.75) is 39.7 Å². The third-order valence-electron chi connectivity index (χ3n) is 2.66. The summed E-state index contributed by atoms with van der Waals surface area (Å²) in [5.74, 6) is -0.0483. The fourth-order valence-corrected chi connectivity index (χ4v) is 1.70. The lowest BCUT2D eigenvalue weighted by atomic mass is 10.0. The number of aromatic nitrogens is 2. The van der Waals surface area contributed by atoms with Crippen LogP contribution in [0.2, 0.25) is 0 Å². The average molecular weight is 224 g/mol. The van der Waals surface area contributed by atoms with Crippen molar-refractivity contribution in [3.8, 4) is 0 Å². The van der Waals surface area contributed by atoms with E-state index in [0.717, 1.165) is 12.1 Å². The zero-order valence-electron chi connectivity index (χ0n) is 10.4. The second-order valence-electron chi connectivity index (χ2n) is 4.23. The molecule has 0 aliphatic carbocycles. The number of nitrogen functional groups attached to an aromatic ring is 1. The molecule has 1 heterocycles. The number of nitrogens with one attached hydrogen (secondary N) is 1. The Labute approximate surface area is 96.0 Å². The summed E-state index contributed by atoms with van der Waals surface area (Å²) >= 11 is 0. The van der Waals surface area contributed by atoms with Gasteiger partial charge in [0.25, 0.3) is 0 Å². The first-order valence-corrected chi connectivity index (χ1v) is 5.56. The van der Waals surface area contributed by atoms with E-state index in [1.54, 1.807) is 10.9 Å². The van der Waals surface area contributed by atoms with Crippen molar-refractivity contribution in [1.29, 1.82) is 0 Å². The number of amides is 1. The molecule has 0 spiro atoms. The standard InChI is InChI=1S/C11H20N4O/c1-5-9-8(12)7-14-15(9)11(3,4)10(16)13-6-2/h7H,5-6,12H2,1-4H3,(H,13,16). The van der Waals surface area contributed by atoms with Crippen LogP contribution in [0.25, 0.3) is 0 Å². The number of anilines is 1. The van der Waals surface area contributed by atoms with Crippen molar-refractivity contribution in [3.63, 3.8) is 0 Å². The predicted octanol–water partition coefficient (Wildman–Crippen LogP) is 0.899. The first kappa shape index (κ1) is 12.5. The number of nitrogens with two attached hydrogens (primary N) is 1. The van der Waals surface area contributed by atoms with Crippen molar-refractivity contribution in [3.05, 3.63) is 11.9 Å². The zero-order chi connectivity index (χ0) is 12.3. The minimum atomic E-state index is -0.709. The average Bonchev–Trinajstić information content (AvgIpc) is 2.60. The molecule has 1 aromatic heterocycles. The van der Waals surface area contributed by atoms with Gasteiger partial charge in [0.2, 0.25) is 5.91 Å². The molecule has 3 N–H and O–H groups in total. The lowest BCUT2D eigenvalue weighted by molar-refractivity contribution is -0.128. The van der Waals surface area contributed by atoms with Crippen LogP contribution in [0, 0.1) is 0 Å². The number of rotatable bonds is 4. The third kappa shape index (κ3) is 2.03. The maximum Gasteiger partial charge on any atom is 0.247 e. The Morgan fingerprint density at radius 2 is 2.19 bits per heavy atom. The van der Waals surface area contributed by atoms with E-state index in [1.165, 1.54) is 0 Å². The monoisotopic (exact) mass is 224 g/mol. The third-order valence-corrected chi connectivity index (χ3v) is 2.66. The highest BCUT2D eigenvalue weighted by atomic mass is 16.2. The SMILES string of the molecule is CCNC(=O)C(C)(C)n1ncc(N)c1CC. The number of carbonyl (C=O) groups excluding carboxylic acids is 1. The molecular weight excluding hydrogens is 204 g/mol. The summed E-state index contributed by atoms with van der Waals surface area (Å²) in [5, 5.41) is 7.00. The Bertz CT molecular complexity index is 381. The van der Waals surface area contributed by atoms with Crippen LogP contribution in [0.15, 0.2) is 6.20 Å². The molecule has 0 unspecified atom stereocenters. The molecule has 1 aromatic rings. The molecule has 0 saturated heterocycles. The van der Waals surface area contributed by atoms with Gasteiger partial charge in [0.05, 0.1) is 17.6 Å². The van der Waals surface area contributed by atoms with Crippen molar-refractivity contribution >= 4 is 11.6 Å². The van der Waals surface area contributed by atoms with E-state index >= 15 is 0 Å². The van der Waals surface area contributed by atoms with Crippen molar-refractivity contribution in [2.24, 2.45) is 0 Å². The Morgan fingerprint density at radius 3 is 2.69 bits per heavy atom. The minimum Gasteiger partial charge on any atom is -0.396 e. The summed E-state index contributed by atoms with van der Waals surface area (Å²) in [6.45, 7) is 8.18. The second-order valence-corrected chi connectivity index (χ2v) is 4.23. The number of hydrogen-bond acceptors (Lipinski definition) is 3. The van der Waals surface area contributed by atoms with Crippen LogP contribution >= 0.6 is 0 Å². The maximum absolute atomic E-state index is 11.9. The highest BCUT2D eigenvalue weighted by Crippen LogP contribution is 2.21. The molecule has 0 aromatic carbocycles. The molecule has 5 heteroatoms. The summed E-state index contributed by atoms with van der Waals surface area (Å²) in [7, 11) is 0. The molecule has 0 radical (unpaired) electrons. The largest absolute Gasteiger partial charge is 0.396 e. The summed E-state index contributed by atoms with van der Waals surface area (Å²) in [5.41, 5.74) is 6.64. The van der Waals surface area contributed by atoms with E-state index in [1.807, 2.05) is 27.7 Å². The normalized spacial score (nSPS) is 11.5. The van der Waals surface area contributed by atoms with Crippen LogP contribution in [-0.2, 0) is 16.8 Å². The molecule has 0 fully saturated rings. The van der Waals surface area contributed by atoms with Crippen molar-refractivity contribution < 1.29 is 4.79 Å². The van der Waals surface area contributed by atoms with Gasteiger partial charge in [0, 0.05) is 6.54 Å². The first-order chi connectivity index (χ1) is 7.45. The maximum atomic E-state index is 11.9. The van der Waals surface area contributed by atoms with Gasteiger partial charge in [-0.15, -0.1) is 0 Å². The topological polar surface area (TPSA) is 72.9 Å². The molecule has 1 amide bonds. The Morgan fingerprint density at radius 1 is 1.56 bits per heavy atom. The van der Waals surface area contributed by atoms with E-state index < -0.39 is 5.54 Å². The van der Waals surface area contributed by atoms with Crippen LogP contribution in [0.1, 0.15) is 33.4 Å². The van der Waals surface area contributed by atoms with Crippen LogP contribution < -0.4 is 11.1 Å². The van der Waals surface area contributed by atoms with E-state index in [9.17, 15) is 4.79 Å². The van der Waals surface area contributed by atoms with Gasteiger partial charge < -0.3 is 11.1 Å². The molecule has 0 aliphatic heterocycles. The van der Waals surface area contributed by atoms with Crippen LogP contribution in [-0.4, -0.2) is 22.2 Å².